The van der Waals surface area contributed by atoms with Crippen LogP contribution in [0.15, 0.2) is 28.7 Å². The monoisotopic (exact) mass is 336 g/mol. The van der Waals surface area contributed by atoms with Crippen molar-refractivity contribution in [3.63, 3.8) is 0 Å². The molecule has 2 nitrogen and oxygen atoms in total. The molecule has 2 aromatic rings. The fourth-order valence-corrected chi connectivity index (χ4v) is 3.35. The second-order valence-electron chi connectivity index (χ2n) is 5.07. The number of thiazole rings is 1. The summed E-state index contributed by atoms with van der Waals surface area (Å²) in [6.45, 7) is 3.10. The minimum Gasteiger partial charge on any atom is -0.309 e. The number of nitrogens with zero attached hydrogens (tertiary/aromatic N) is 1. The SMILES string of the molecule is Cc1nc(Cc2ccc(Br)cc2)sc1CNC1CC1. The molecule has 0 radical (unpaired) electrons. The normalized spacial score (nSPS) is 14.8. The van der Waals surface area contributed by atoms with Crippen LogP contribution in [0.4, 0.5) is 0 Å². The van der Waals surface area contributed by atoms with Crippen molar-refractivity contribution in [2.24, 2.45) is 0 Å². The summed E-state index contributed by atoms with van der Waals surface area (Å²) in [5, 5.41) is 4.78. The van der Waals surface area contributed by atoms with E-state index in [1.807, 2.05) is 11.3 Å². The van der Waals surface area contributed by atoms with Crippen LogP contribution in [0.3, 0.4) is 0 Å². The van der Waals surface area contributed by atoms with Crippen molar-refractivity contribution < 1.29 is 0 Å². The maximum absolute atomic E-state index is 4.69. The van der Waals surface area contributed by atoms with Gasteiger partial charge in [0.05, 0.1) is 10.7 Å². The predicted molar refractivity (Wildman–Crippen MR) is 83.7 cm³/mol. The Labute approximate surface area is 126 Å². The first-order valence-corrected chi connectivity index (χ1v) is 8.24. The number of hydrogen-bond donors (Lipinski definition) is 1. The zero-order valence-electron chi connectivity index (χ0n) is 10.9. The van der Waals surface area contributed by atoms with E-state index in [1.54, 1.807) is 0 Å². The van der Waals surface area contributed by atoms with Gasteiger partial charge in [0.25, 0.3) is 0 Å². The minimum atomic E-state index is 0.761. The number of hydrogen-bond acceptors (Lipinski definition) is 3. The summed E-state index contributed by atoms with van der Waals surface area (Å²) < 4.78 is 1.13. The second kappa shape index (κ2) is 5.73. The highest BCUT2D eigenvalue weighted by molar-refractivity contribution is 9.10. The van der Waals surface area contributed by atoms with E-state index < -0.39 is 0 Å². The number of aromatic nitrogens is 1. The van der Waals surface area contributed by atoms with Crippen molar-refractivity contribution in [2.45, 2.75) is 38.8 Å². The zero-order valence-corrected chi connectivity index (χ0v) is 13.4. The van der Waals surface area contributed by atoms with Crippen LogP contribution in [0.25, 0.3) is 0 Å². The van der Waals surface area contributed by atoms with Gasteiger partial charge in [0.2, 0.25) is 0 Å². The van der Waals surface area contributed by atoms with E-state index in [0.29, 0.717) is 0 Å². The summed E-state index contributed by atoms with van der Waals surface area (Å²) in [6, 6.07) is 9.25. The summed E-state index contributed by atoms with van der Waals surface area (Å²) >= 11 is 5.31. The van der Waals surface area contributed by atoms with Crippen molar-refractivity contribution >= 4 is 27.3 Å². The Kier molecular flexibility index (Phi) is 4.01. The van der Waals surface area contributed by atoms with Crippen LogP contribution in [-0.4, -0.2) is 11.0 Å². The van der Waals surface area contributed by atoms with Gasteiger partial charge in [-0.15, -0.1) is 11.3 Å². The molecular formula is C15H17BrN2S. The Morgan fingerprint density at radius 3 is 2.74 bits per heavy atom. The van der Waals surface area contributed by atoms with Crippen LogP contribution in [0.5, 0.6) is 0 Å². The van der Waals surface area contributed by atoms with Gasteiger partial charge in [-0.05, 0) is 37.5 Å². The highest BCUT2D eigenvalue weighted by Crippen LogP contribution is 2.24. The van der Waals surface area contributed by atoms with Crippen LogP contribution < -0.4 is 5.32 Å². The van der Waals surface area contributed by atoms with Crippen LogP contribution in [0, 0.1) is 6.92 Å². The fraction of sp³-hybridized carbons (Fsp3) is 0.400. The lowest BCUT2D eigenvalue weighted by Crippen LogP contribution is -2.14. The van der Waals surface area contributed by atoms with Crippen molar-refractivity contribution in [1.29, 1.82) is 0 Å². The van der Waals surface area contributed by atoms with Crippen molar-refractivity contribution in [1.82, 2.24) is 10.3 Å². The lowest BCUT2D eigenvalue weighted by molar-refractivity contribution is 0.691. The molecule has 1 aliphatic rings. The molecule has 19 heavy (non-hydrogen) atoms. The Hall–Kier alpha value is -0.710. The quantitative estimate of drug-likeness (QED) is 0.890. The molecule has 0 atom stereocenters. The molecule has 1 N–H and O–H groups in total. The number of nitrogens with one attached hydrogen (secondary N) is 1. The zero-order chi connectivity index (χ0) is 13.2. The van der Waals surface area contributed by atoms with Crippen LogP contribution in [0.2, 0.25) is 0 Å². The largest absolute Gasteiger partial charge is 0.309 e. The topological polar surface area (TPSA) is 24.9 Å². The molecular weight excluding hydrogens is 320 g/mol. The average molecular weight is 337 g/mol. The Morgan fingerprint density at radius 2 is 2.05 bits per heavy atom. The van der Waals surface area contributed by atoms with Gasteiger partial charge < -0.3 is 5.32 Å². The lowest BCUT2D eigenvalue weighted by atomic mass is 10.2. The number of benzene rings is 1. The van der Waals surface area contributed by atoms with E-state index in [2.05, 4.69) is 52.4 Å². The summed E-state index contributed by atoms with van der Waals surface area (Å²) in [7, 11) is 0. The van der Waals surface area contributed by atoms with Crippen molar-refractivity contribution in [3.05, 3.63) is 49.9 Å². The number of halogens is 1. The summed E-state index contributed by atoms with van der Waals surface area (Å²) in [6.07, 6.45) is 3.61. The predicted octanol–water partition coefficient (Wildman–Crippen LogP) is 4.06. The van der Waals surface area contributed by atoms with E-state index in [-0.39, 0.29) is 0 Å². The van der Waals surface area contributed by atoms with Gasteiger partial charge in [0, 0.05) is 28.4 Å². The van der Waals surface area contributed by atoms with Gasteiger partial charge >= 0.3 is 0 Å². The first-order valence-electron chi connectivity index (χ1n) is 6.64. The van der Waals surface area contributed by atoms with E-state index >= 15 is 0 Å². The van der Waals surface area contributed by atoms with Gasteiger partial charge in [0.1, 0.15) is 0 Å². The minimum absolute atomic E-state index is 0.761. The van der Waals surface area contributed by atoms with Crippen LogP contribution in [-0.2, 0) is 13.0 Å². The van der Waals surface area contributed by atoms with Gasteiger partial charge in [-0.2, -0.15) is 0 Å². The highest BCUT2D eigenvalue weighted by Gasteiger charge is 2.21. The molecule has 1 heterocycles. The third-order valence-electron chi connectivity index (χ3n) is 3.33. The highest BCUT2D eigenvalue weighted by atomic mass is 79.9. The summed E-state index contributed by atoms with van der Waals surface area (Å²) in [5.74, 6) is 0. The van der Waals surface area contributed by atoms with E-state index in [0.717, 1.165) is 23.5 Å². The average Bonchev–Trinajstić information content (AvgIpc) is 3.15. The van der Waals surface area contributed by atoms with Crippen molar-refractivity contribution in [3.8, 4) is 0 Å². The Balaban J connectivity index is 1.66. The van der Waals surface area contributed by atoms with Crippen molar-refractivity contribution in [2.75, 3.05) is 0 Å². The van der Waals surface area contributed by atoms with Gasteiger partial charge in [-0.3, -0.25) is 0 Å². The smallest absolute Gasteiger partial charge is 0.0975 e. The van der Waals surface area contributed by atoms with Crippen LogP contribution in [0.1, 0.15) is 34.0 Å². The molecule has 1 fully saturated rings. The lowest BCUT2D eigenvalue weighted by Gasteiger charge is -1.99. The maximum atomic E-state index is 4.69. The summed E-state index contributed by atoms with van der Waals surface area (Å²) in [5.41, 5.74) is 2.50. The van der Waals surface area contributed by atoms with E-state index in [4.69, 9.17) is 4.98 Å². The van der Waals surface area contributed by atoms with Gasteiger partial charge in [0.15, 0.2) is 0 Å². The van der Waals surface area contributed by atoms with E-state index in [9.17, 15) is 0 Å². The second-order valence-corrected chi connectivity index (χ2v) is 7.16. The molecule has 0 amide bonds. The molecule has 1 aromatic heterocycles. The molecule has 1 saturated carbocycles. The molecule has 0 unspecified atom stereocenters. The Bertz CT molecular complexity index is 558. The van der Waals surface area contributed by atoms with Crippen LogP contribution >= 0.6 is 27.3 Å². The van der Waals surface area contributed by atoms with Gasteiger partial charge in [-0.1, -0.05) is 28.1 Å². The molecule has 0 spiro atoms. The molecule has 0 aliphatic heterocycles. The molecule has 100 valence electrons. The molecule has 3 rings (SSSR count). The molecule has 0 bridgehead atoms. The third-order valence-corrected chi connectivity index (χ3v) is 5.02. The standard InChI is InChI=1S/C15H17BrN2S/c1-10-14(9-17-13-6-7-13)19-15(18-10)8-11-2-4-12(16)5-3-11/h2-5,13,17H,6-9H2,1H3. The molecule has 0 saturated heterocycles. The van der Waals surface area contributed by atoms with E-state index in [1.165, 1.54) is 34.0 Å². The first kappa shape index (κ1) is 13.3. The summed E-state index contributed by atoms with van der Waals surface area (Å²) in [4.78, 5) is 6.08. The fourth-order valence-electron chi connectivity index (χ4n) is 2.03. The maximum Gasteiger partial charge on any atom is 0.0975 e. The molecule has 4 heteroatoms. The van der Waals surface area contributed by atoms with Gasteiger partial charge in [-0.25, -0.2) is 4.98 Å². The number of rotatable bonds is 5. The molecule has 1 aromatic carbocycles. The number of aryl methyl sites for hydroxylation is 1. The Morgan fingerprint density at radius 1 is 1.32 bits per heavy atom. The third kappa shape index (κ3) is 3.65. The molecule has 1 aliphatic carbocycles. The first-order chi connectivity index (χ1) is 9.20.